The molecule has 1 aromatic carbocycles. The monoisotopic (exact) mass is 324 g/mol. The lowest BCUT2D eigenvalue weighted by atomic mass is 9.63. The molecule has 2 bridgehead atoms. The summed E-state index contributed by atoms with van der Waals surface area (Å²) < 4.78 is 0. The van der Waals surface area contributed by atoms with Crippen LogP contribution < -0.4 is 5.56 Å². The van der Waals surface area contributed by atoms with Crippen molar-refractivity contribution < 1.29 is 0 Å². The number of rotatable bonds is 2. The molecule has 0 radical (unpaired) electrons. The van der Waals surface area contributed by atoms with Crippen molar-refractivity contribution in [1.29, 1.82) is 0 Å². The molecule has 0 unspecified atom stereocenters. The normalized spacial score (nSPS) is 33.7. The van der Waals surface area contributed by atoms with Gasteiger partial charge in [0, 0.05) is 37.1 Å². The molecule has 1 N–H and O–H groups in total. The largest absolute Gasteiger partial charge is 0.310 e. The Morgan fingerprint density at radius 3 is 2.62 bits per heavy atom. The summed E-state index contributed by atoms with van der Waals surface area (Å²) in [5.74, 6) is 0.924. The van der Waals surface area contributed by atoms with Crippen LogP contribution in [0, 0.1) is 0 Å². The Balaban J connectivity index is 1.45. The molecule has 2 aromatic rings. The fourth-order valence-electron chi connectivity index (χ4n) is 5.32. The van der Waals surface area contributed by atoms with E-state index in [1.807, 2.05) is 24.3 Å². The molecule has 24 heavy (non-hydrogen) atoms. The number of likely N-dealkylation sites (N-methyl/N-ethyl adjacent to an activating group) is 1. The van der Waals surface area contributed by atoms with Gasteiger partial charge in [-0.05, 0) is 44.9 Å². The molecule has 126 valence electrons. The highest BCUT2D eigenvalue weighted by atomic mass is 16.1. The quantitative estimate of drug-likeness (QED) is 0.914. The highest BCUT2D eigenvalue weighted by Gasteiger charge is 2.64. The van der Waals surface area contributed by atoms with Gasteiger partial charge in [0.2, 0.25) is 0 Å². The minimum Gasteiger partial charge on any atom is -0.310 e. The number of hydrogen-bond donors (Lipinski definition) is 1. The van der Waals surface area contributed by atoms with E-state index in [9.17, 15) is 4.79 Å². The highest BCUT2D eigenvalue weighted by Crippen LogP contribution is 2.64. The second-order valence-corrected chi connectivity index (χ2v) is 8.08. The maximum atomic E-state index is 12.4. The maximum Gasteiger partial charge on any atom is 0.258 e. The van der Waals surface area contributed by atoms with Gasteiger partial charge in [-0.3, -0.25) is 9.69 Å². The third kappa shape index (κ3) is 1.94. The van der Waals surface area contributed by atoms with Crippen LogP contribution in [0.4, 0.5) is 0 Å². The minimum absolute atomic E-state index is 0.00831. The number of H-pyrrole nitrogens is 1. The Hall–Kier alpha value is -1.72. The first-order valence-electron chi connectivity index (χ1n) is 9.04. The Morgan fingerprint density at radius 2 is 1.83 bits per heavy atom. The Kier molecular flexibility index (Phi) is 2.98. The topological polar surface area (TPSA) is 52.2 Å². The lowest BCUT2D eigenvalue weighted by molar-refractivity contribution is -0.0187. The zero-order chi connectivity index (χ0) is 16.4. The van der Waals surface area contributed by atoms with Crippen molar-refractivity contribution in [2.24, 2.45) is 0 Å². The number of fused-ring (bicyclic) bond motifs is 2. The van der Waals surface area contributed by atoms with Crippen LogP contribution in [-0.2, 0) is 5.41 Å². The smallest absolute Gasteiger partial charge is 0.258 e. The zero-order valence-corrected chi connectivity index (χ0v) is 14.2. The molecule has 5 nitrogen and oxygen atoms in total. The third-order valence-electron chi connectivity index (χ3n) is 6.69. The van der Waals surface area contributed by atoms with Crippen molar-refractivity contribution in [2.45, 2.75) is 36.6 Å². The second-order valence-electron chi connectivity index (χ2n) is 8.08. The first-order valence-corrected chi connectivity index (χ1v) is 9.04. The predicted octanol–water partition coefficient (Wildman–Crippen LogP) is 1.73. The average molecular weight is 324 g/mol. The van der Waals surface area contributed by atoms with Gasteiger partial charge in [0.1, 0.15) is 5.82 Å². The van der Waals surface area contributed by atoms with Gasteiger partial charge in [0.25, 0.3) is 5.56 Å². The number of aromatic nitrogens is 2. The van der Waals surface area contributed by atoms with Crippen molar-refractivity contribution in [1.82, 2.24) is 19.8 Å². The fraction of sp³-hybridized carbons (Fsp3) is 0.579. The van der Waals surface area contributed by atoms with E-state index < -0.39 is 0 Å². The Bertz CT molecular complexity index is 844. The summed E-state index contributed by atoms with van der Waals surface area (Å²) in [5.41, 5.74) is 1.31. The summed E-state index contributed by atoms with van der Waals surface area (Å²) in [6, 6.07) is 7.66. The second kappa shape index (κ2) is 4.90. The first kappa shape index (κ1) is 14.6. The van der Waals surface area contributed by atoms with Crippen molar-refractivity contribution in [3.05, 3.63) is 40.4 Å². The van der Waals surface area contributed by atoms with Gasteiger partial charge in [0.15, 0.2) is 0 Å². The van der Waals surface area contributed by atoms with Gasteiger partial charge in [-0.25, -0.2) is 4.98 Å². The SMILES string of the molecule is CN1CCN(C23CCC(c4nc5ccccc5c(=O)[nH]4)(C2)C3)CC1. The van der Waals surface area contributed by atoms with E-state index >= 15 is 0 Å². The lowest BCUT2D eigenvalue weighted by Crippen LogP contribution is -2.62. The van der Waals surface area contributed by atoms with Gasteiger partial charge >= 0.3 is 0 Å². The van der Waals surface area contributed by atoms with E-state index in [0.29, 0.717) is 10.9 Å². The number of para-hydroxylation sites is 1. The van der Waals surface area contributed by atoms with Crippen molar-refractivity contribution >= 4 is 10.9 Å². The number of aromatic amines is 1. The maximum absolute atomic E-state index is 12.4. The van der Waals surface area contributed by atoms with Gasteiger partial charge < -0.3 is 9.88 Å². The summed E-state index contributed by atoms with van der Waals surface area (Å²) in [6.45, 7) is 4.68. The number of piperazine rings is 1. The molecule has 0 amide bonds. The molecule has 1 saturated heterocycles. The van der Waals surface area contributed by atoms with E-state index in [-0.39, 0.29) is 11.0 Å². The summed E-state index contributed by atoms with van der Waals surface area (Å²) in [4.78, 5) is 25.5. The summed E-state index contributed by atoms with van der Waals surface area (Å²) >= 11 is 0. The molecule has 3 aliphatic carbocycles. The van der Waals surface area contributed by atoms with Crippen molar-refractivity contribution in [3.63, 3.8) is 0 Å². The van der Waals surface area contributed by atoms with Gasteiger partial charge in [-0.1, -0.05) is 12.1 Å². The molecule has 4 fully saturated rings. The molecule has 6 rings (SSSR count). The number of benzene rings is 1. The van der Waals surface area contributed by atoms with Crippen LogP contribution in [0.15, 0.2) is 29.1 Å². The average Bonchev–Trinajstić information content (AvgIpc) is 3.13. The molecule has 1 aromatic heterocycles. The van der Waals surface area contributed by atoms with Crippen molar-refractivity contribution in [2.75, 3.05) is 33.2 Å². The molecule has 5 heteroatoms. The van der Waals surface area contributed by atoms with Crippen molar-refractivity contribution in [3.8, 4) is 0 Å². The molecular formula is C19H24N4O. The molecular weight excluding hydrogens is 300 g/mol. The van der Waals surface area contributed by atoms with E-state index in [4.69, 9.17) is 4.98 Å². The third-order valence-corrected chi connectivity index (χ3v) is 6.69. The summed E-state index contributed by atoms with van der Waals surface area (Å²) in [6.07, 6.45) is 4.71. The molecule has 0 atom stereocenters. The van der Waals surface area contributed by atoms with Gasteiger partial charge in [-0.2, -0.15) is 0 Å². The number of nitrogens with one attached hydrogen (secondary N) is 1. The van der Waals surface area contributed by atoms with Crippen LogP contribution in [0.25, 0.3) is 10.9 Å². The Labute approximate surface area is 141 Å². The summed E-state index contributed by atoms with van der Waals surface area (Å²) in [5, 5.41) is 0.695. The first-order chi connectivity index (χ1) is 11.6. The number of hydrogen-bond acceptors (Lipinski definition) is 4. The van der Waals surface area contributed by atoms with Crippen LogP contribution in [0.1, 0.15) is 31.5 Å². The van der Waals surface area contributed by atoms with Crippen LogP contribution in [-0.4, -0.2) is 58.5 Å². The van der Waals surface area contributed by atoms with Crippen LogP contribution in [0.2, 0.25) is 0 Å². The molecule has 1 aliphatic heterocycles. The van der Waals surface area contributed by atoms with E-state index in [0.717, 1.165) is 30.6 Å². The summed E-state index contributed by atoms with van der Waals surface area (Å²) in [7, 11) is 2.21. The fourth-order valence-corrected chi connectivity index (χ4v) is 5.32. The zero-order valence-electron chi connectivity index (χ0n) is 14.2. The number of nitrogens with zero attached hydrogens (tertiary/aromatic N) is 3. The molecule has 0 spiro atoms. The molecule has 3 saturated carbocycles. The van der Waals surface area contributed by atoms with Crippen LogP contribution in [0.3, 0.4) is 0 Å². The van der Waals surface area contributed by atoms with Crippen LogP contribution >= 0.6 is 0 Å². The van der Waals surface area contributed by atoms with Crippen LogP contribution in [0.5, 0.6) is 0 Å². The molecule has 4 aliphatic rings. The highest BCUT2D eigenvalue weighted by molar-refractivity contribution is 5.77. The molecule has 2 heterocycles. The standard InChI is InChI=1S/C19H24N4O/c1-22-8-10-23(11-9-22)19-7-6-18(12-19,13-19)17-20-15-5-3-2-4-14(15)16(24)21-17/h2-5H,6-13H2,1H3,(H,20,21,24). The van der Waals surface area contributed by atoms with E-state index in [1.165, 1.54) is 32.6 Å². The van der Waals surface area contributed by atoms with E-state index in [2.05, 4.69) is 21.8 Å². The van der Waals surface area contributed by atoms with Gasteiger partial charge in [-0.15, -0.1) is 0 Å². The predicted molar refractivity (Wildman–Crippen MR) is 94.3 cm³/mol. The van der Waals surface area contributed by atoms with Gasteiger partial charge in [0.05, 0.1) is 10.9 Å². The lowest BCUT2D eigenvalue weighted by Gasteiger charge is -2.54. The van der Waals surface area contributed by atoms with E-state index in [1.54, 1.807) is 0 Å². The Morgan fingerprint density at radius 1 is 1.08 bits per heavy atom. The minimum atomic E-state index is 0.00831.